The van der Waals surface area contributed by atoms with Crippen LogP contribution in [0.3, 0.4) is 0 Å². The summed E-state index contributed by atoms with van der Waals surface area (Å²) in [5.74, 6) is -0.197. The van der Waals surface area contributed by atoms with E-state index >= 15 is 0 Å². The summed E-state index contributed by atoms with van der Waals surface area (Å²) in [7, 11) is 0. The quantitative estimate of drug-likeness (QED) is 0.699. The highest BCUT2D eigenvalue weighted by atomic mass is 32.1. The predicted octanol–water partition coefficient (Wildman–Crippen LogP) is -0.0915. The molecule has 2 rings (SSSR count). The molecule has 0 aliphatic rings. The van der Waals surface area contributed by atoms with Crippen LogP contribution in [-0.4, -0.2) is 30.7 Å². The van der Waals surface area contributed by atoms with E-state index in [0.29, 0.717) is 5.00 Å². The Bertz CT molecular complexity index is 381. The average molecular weight is 196 g/mol. The summed E-state index contributed by atoms with van der Waals surface area (Å²) in [6.07, 6.45) is 2.72. The van der Waals surface area contributed by atoms with E-state index in [4.69, 9.17) is 0 Å². The van der Waals surface area contributed by atoms with E-state index in [0.717, 1.165) is 11.5 Å². The first-order valence-electron chi connectivity index (χ1n) is 3.30. The number of amides is 1. The summed E-state index contributed by atoms with van der Waals surface area (Å²) in [4.78, 5) is 15.0. The Balaban J connectivity index is 2.08. The first-order valence-corrected chi connectivity index (χ1v) is 4.07. The third kappa shape index (κ3) is 1.67. The number of H-pyrrole nitrogens is 1. The summed E-state index contributed by atoms with van der Waals surface area (Å²) in [6.45, 7) is 0. The maximum atomic E-state index is 11.3. The van der Waals surface area contributed by atoms with Crippen LogP contribution in [0.2, 0.25) is 0 Å². The van der Waals surface area contributed by atoms with Crippen molar-refractivity contribution in [1.29, 1.82) is 0 Å². The van der Waals surface area contributed by atoms with Gasteiger partial charge in [-0.15, -0.1) is 5.10 Å². The van der Waals surface area contributed by atoms with Crippen LogP contribution in [-0.2, 0) is 0 Å². The molecule has 7 nitrogen and oxygen atoms in total. The summed E-state index contributed by atoms with van der Waals surface area (Å²) in [5.41, 5.74) is 0. The Hall–Kier alpha value is -1.83. The standard InChI is InChI=1S/C5H4N6OS/c12-5(4-6-2-8-10-4)9-3-1-7-11-13-3/h1-2H,(H,9,12)(H,6,8,10). The first kappa shape index (κ1) is 7.80. The van der Waals surface area contributed by atoms with Crippen molar-refractivity contribution in [2.24, 2.45) is 0 Å². The smallest absolute Gasteiger partial charge is 0.293 e. The fourth-order valence-corrected chi connectivity index (χ4v) is 1.12. The van der Waals surface area contributed by atoms with Gasteiger partial charge in [0.2, 0.25) is 5.82 Å². The molecule has 0 spiro atoms. The molecule has 66 valence electrons. The minimum absolute atomic E-state index is 0.161. The number of aromatic amines is 1. The van der Waals surface area contributed by atoms with Crippen LogP contribution in [0.5, 0.6) is 0 Å². The number of carbonyl (C=O) groups excluding carboxylic acids is 1. The van der Waals surface area contributed by atoms with E-state index in [1.165, 1.54) is 12.5 Å². The lowest BCUT2D eigenvalue weighted by Crippen LogP contribution is -2.12. The maximum Gasteiger partial charge on any atom is 0.293 e. The number of anilines is 1. The van der Waals surface area contributed by atoms with Crippen LogP contribution in [0.15, 0.2) is 12.5 Å². The molecule has 0 saturated carbocycles. The lowest BCUT2D eigenvalue weighted by Gasteiger charge is -1.94. The normalized spacial score (nSPS) is 9.85. The molecule has 8 heteroatoms. The van der Waals surface area contributed by atoms with Gasteiger partial charge in [-0.1, -0.05) is 4.49 Å². The number of rotatable bonds is 2. The molecule has 2 N–H and O–H groups in total. The molecule has 0 aliphatic carbocycles. The van der Waals surface area contributed by atoms with E-state index in [9.17, 15) is 4.79 Å². The number of aromatic nitrogens is 5. The van der Waals surface area contributed by atoms with E-state index < -0.39 is 0 Å². The lowest BCUT2D eigenvalue weighted by atomic mass is 10.5. The minimum atomic E-state index is -0.358. The molecule has 0 unspecified atom stereocenters. The second-order valence-corrected chi connectivity index (χ2v) is 2.86. The fraction of sp³-hybridized carbons (Fsp3) is 0. The Morgan fingerprint density at radius 2 is 2.54 bits per heavy atom. The average Bonchev–Trinajstić information content (AvgIpc) is 2.74. The molecule has 0 fully saturated rings. The van der Waals surface area contributed by atoms with Crippen LogP contribution >= 0.6 is 11.5 Å². The van der Waals surface area contributed by atoms with E-state index in [2.05, 4.69) is 30.1 Å². The van der Waals surface area contributed by atoms with Crippen LogP contribution < -0.4 is 5.32 Å². The van der Waals surface area contributed by atoms with Gasteiger partial charge in [-0.25, -0.2) is 4.98 Å². The monoisotopic (exact) mass is 196 g/mol. The molecule has 0 bridgehead atoms. The zero-order valence-electron chi connectivity index (χ0n) is 6.26. The largest absolute Gasteiger partial charge is 0.308 e. The molecule has 0 aliphatic heterocycles. The van der Waals surface area contributed by atoms with Crippen molar-refractivity contribution >= 4 is 22.4 Å². The summed E-state index contributed by atoms with van der Waals surface area (Å²) in [6, 6.07) is 0. The second-order valence-electron chi connectivity index (χ2n) is 2.07. The van der Waals surface area contributed by atoms with Gasteiger partial charge in [-0.2, -0.15) is 5.10 Å². The minimum Gasteiger partial charge on any atom is -0.308 e. The highest BCUT2D eigenvalue weighted by Gasteiger charge is 2.09. The van der Waals surface area contributed by atoms with Gasteiger partial charge in [-0.3, -0.25) is 9.89 Å². The third-order valence-electron chi connectivity index (χ3n) is 1.23. The molecular formula is C5H4N6OS. The highest BCUT2D eigenvalue weighted by Crippen LogP contribution is 2.09. The van der Waals surface area contributed by atoms with Crippen molar-refractivity contribution in [2.75, 3.05) is 5.32 Å². The van der Waals surface area contributed by atoms with Crippen LogP contribution in [0.25, 0.3) is 0 Å². The van der Waals surface area contributed by atoms with E-state index in [1.54, 1.807) is 0 Å². The lowest BCUT2D eigenvalue weighted by molar-refractivity contribution is 0.101. The number of hydrogen-bond donors (Lipinski definition) is 2. The highest BCUT2D eigenvalue weighted by molar-refractivity contribution is 7.10. The zero-order valence-corrected chi connectivity index (χ0v) is 7.08. The van der Waals surface area contributed by atoms with E-state index in [1.807, 2.05) is 0 Å². The summed E-state index contributed by atoms with van der Waals surface area (Å²) >= 11 is 1.09. The van der Waals surface area contributed by atoms with Crippen molar-refractivity contribution in [1.82, 2.24) is 24.8 Å². The molecule has 0 saturated heterocycles. The Morgan fingerprint density at radius 3 is 3.15 bits per heavy atom. The first-order chi connectivity index (χ1) is 6.36. The predicted molar refractivity (Wildman–Crippen MR) is 44.2 cm³/mol. The van der Waals surface area contributed by atoms with Crippen molar-refractivity contribution in [2.45, 2.75) is 0 Å². The van der Waals surface area contributed by atoms with Crippen molar-refractivity contribution in [3.63, 3.8) is 0 Å². The van der Waals surface area contributed by atoms with Crippen LogP contribution in [0.1, 0.15) is 10.6 Å². The van der Waals surface area contributed by atoms with Crippen LogP contribution in [0.4, 0.5) is 5.00 Å². The number of hydrogen-bond acceptors (Lipinski definition) is 6. The second kappa shape index (κ2) is 3.27. The number of nitrogens with zero attached hydrogens (tertiary/aromatic N) is 4. The Labute approximate surface area is 76.4 Å². The Kier molecular flexibility index (Phi) is 1.96. The molecular weight excluding hydrogens is 192 g/mol. The van der Waals surface area contributed by atoms with Gasteiger partial charge >= 0.3 is 0 Å². The molecule has 0 atom stereocenters. The molecule has 2 heterocycles. The van der Waals surface area contributed by atoms with Gasteiger partial charge in [0.1, 0.15) is 11.3 Å². The van der Waals surface area contributed by atoms with Crippen molar-refractivity contribution in [3.05, 3.63) is 18.3 Å². The zero-order chi connectivity index (χ0) is 9.10. The third-order valence-corrected chi connectivity index (χ3v) is 1.81. The molecule has 13 heavy (non-hydrogen) atoms. The van der Waals surface area contributed by atoms with Gasteiger partial charge in [0, 0.05) is 11.5 Å². The van der Waals surface area contributed by atoms with Crippen LogP contribution in [0, 0.1) is 0 Å². The van der Waals surface area contributed by atoms with E-state index in [-0.39, 0.29) is 11.7 Å². The Morgan fingerprint density at radius 1 is 1.62 bits per heavy atom. The molecule has 0 radical (unpaired) electrons. The van der Waals surface area contributed by atoms with Crippen molar-refractivity contribution < 1.29 is 4.79 Å². The van der Waals surface area contributed by atoms with Gasteiger partial charge in [0.05, 0.1) is 6.20 Å². The molecule has 1 amide bonds. The number of carbonyl (C=O) groups is 1. The number of nitrogens with one attached hydrogen (secondary N) is 2. The molecule has 2 aromatic rings. The van der Waals surface area contributed by atoms with Gasteiger partial charge in [0.15, 0.2) is 0 Å². The topological polar surface area (TPSA) is 96.5 Å². The van der Waals surface area contributed by atoms with Gasteiger partial charge in [-0.05, 0) is 0 Å². The fourth-order valence-electron chi connectivity index (χ4n) is 0.708. The van der Waals surface area contributed by atoms with Gasteiger partial charge < -0.3 is 5.32 Å². The summed E-state index contributed by atoms with van der Waals surface area (Å²) in [5, 5.41) is 12.7. The SMILES string of the molecule is O=C(Nc1cnns1)c1ncn[nH]1. The summed E-state index contributed by atoms with van der Waals surface area (Å²) < 4.78 is 3.59. The maximum absolute atomic E-state index is 11.3. The molecule has 2 aromatic heterocycles. The molecule has 0 aromatic carbocycles. The van der Waals surface area contributed by atoms with Crippen molar-refractivity contribution in [3.8, 4) is 0 Å². The van der Waals surface area contributed by atoms with Gasteiger partial charge in [0.25, 0.3) is 5.91 Å².